The fraction of sp³-hybridized carbons (Fsp3) is 0.636. The van der Waals surface area contributed by atoms with Gasteiger partial charge in [-0.15, -0.1) is 6.58 Å². The highest BCUT2D eigenvalue weighted by atomic mass is 15.3. The Hall–Kier alpha value is -2.08. The monoisotopic (exact) mass is 386 g/mol. The van der Waals surface area contributed by atoms with Crippen LogP contribution in [0, 0.1) is 0 Å². The van der Waals surface area contributed by atoms with Crippen LogP contribution in [-0.4, -0.2) is 74.1 Å². The number of allylic oxidation sites excluding steroid dienone is 1. The summed E-state index contributed by atoms with van der Waals surface area (Å²) in [5, 5.41) is 3.42. The van der Waals surface area contributed by atoms with Crippen molar-refractivity contribution in [2.24, 2.45) is 4.99 Å². The zero-order valence-corrected chi connectivity index (χ0v) is 18.0. The van der Waals surface area contributed by atoms with Gasteiger partial charge in [0.25, 0.3) is 0 Å². The van der Waals surface area contributed by atoms with Crippen LogP contribution in [0.5, 0.6) is 0 Å². The molecule has 156 valence electrons. The molecule has 1 aromatic rings. The van der Waals surface area contributed by atoms with Crippen LogP contribution < -0.4 is 10.2 Å². The van der Waals surface area contributed by atoms with Gasteiger partial charge in [0, 0.05) is 52.5 Å². The van der Waals surface area contributed by atoms with E-state index in [2.05, 4.69) is 64.7 Å². The standard InChI is InChI=1S/C22H38N6/c1-5-7-8-9-10-13-27(4)22(23-6-2)25-19-20-11-12-24-21(18-20)28-16-14-26(3)15-17-28/h5,11-12,18H,1,6-10,13-17,19H2,2-4H3,(H,23,25). The van der Waals surface area contributed by atoms with Crippen molar-refractivity contribution in [1.82, 2.24) is 20.1 Å². The fourth-order valence-corrected chi connectivity index (χ4v) is 3.32. The quantitative estimate of drug-likeness (QED) is 0.290. The molecule has 2 heterocycles. The van der Waals surface area contributed by atoms with Gasteiger partial charge in [0.2, 0.25) is 0 Å². The number of rotatable bonds is 10. The lowest BCUT2D eigenvalue weighted by Crippen LogP contribution is -2.44. The first-order valence-electron chi connectivity index (χ1n) is 10.6. The number of hydrogen-bond acceptors (Lipinski definition) is 4. The third-order valence-corrected chi connectivity index (χ3v) is 5.15. The van der Waals surface area contributed by atoms with E-state index < -0.39 is 0 Å². The van der Waals surface area contributed by atoms with Crippen LogP contribution in [0.3, 0.4) is 0 Å². The number of guanidine groups is 1. The van der Waals surface area contributed by atoms with Crippen LogP contribution >= 0.6 is 0 Å². The van der Waals surface area contributed by atoms with E-state index >= 15 is 0 Å². The van der Waals surface area contributed by atoms with Crippen LogP contribution in [0.25, 0.3) is 0 Å². The summed E-state index contributed by atoms with van der Waals surface area (Å²) < 4.78 is 0. The number of pyridine rings is 1. The molecule has 6 nitrogen and oxygen atoms in total. The molecular formula is C22H38N6. The molecule has 1 aliphatic heterocycles. The molecule has 0 bridgehead atoms. The second-order valence-electron chi connectivity index (χ2n) is 7.54. The minimum Gasteiger partial charge on any atom is -0.357 e. The summed E-state index contributed by atoms with van der Waals surface area (Å²) in [7, 11) is 4.30. The molecule has 0 spiro atoms. The molecule has 0 amide bonds. The Morgan fingerprint density at radius 1 is 1.29 bits per heavy atom. The van der Waals surface area contributed by atoms with Crippen molar-refractivity contribution in [3.05, 3.63) is 36.5 Å². The lowest BCUT2D eigenvalue weighted by molar-refractivity contribution is 0.312. The number of piperazine rings is 1. The van der Waals surface area contributed by atoms with E-state index in [1.54, 1.807) is 0 Å². The molecule has 0 aliphatic carbocycles. The van der Waals surface area contributed by atoms with Gasteiger partial charge >= 0.3 is 0 Å². The van der Waals surface area contributed by atoms with E-state index in [1.165, 1.54) is 24.8 Å². The molecule has 1 saturated heterocycles. The van der Waals surface area contributed by atoms with Gasteiger partial charge in [-0.3, -0.25) is 0 Å². The zero-order chi connectivity index (χ0) is 20.2. The number of aromatic nitrogens is 1. The number of nitrogens with one attached hydrogen (secondary N) is 1. The van der Waals surface area contributed by atoms with Crippen LogP contribution in [-0.2, 0) is 6.54 Å². The van der Waals surface area contributed by atoms with Crippen molar-refractivity contribution >= 4 is 11.8 Å². The Balaban J connectivity index is 1.92. The Labute approximate surface area is 171 Å². The summed E-state index contributed by atoms with van der Waals surface area (Å²) in [6, 6.07) is 4.26. The van der Waals surface area contributed by atoms with Crippen molar-refractivity contribution in [3.8, 4) is 0 Å². The maximum atomic E-state index is 4.86. The highest BCUT2D eigenvalue weighted by molar-refractivity contribution is 5.79. The minimum absolute atomic E-state index is 0.673. The zero-order valence-electron chi connectivity index (χ0n) is 18.0. The van der Waals surface area contributed by atoms with E-state index in [0.717, 1.165) is 57.5 Å². The maximum Gasteiger partial charge on any atom is 0.193 e. The third kappa shape index (κ3) is 7.50. The summed E-state index contributed by atoms with van der Waals surface area (Å²) in [6.45, 7) is 12.7. The van der Waals surface area contributed by atoms with Crippen molar-refractivity contribution in [1.29, 1.82) is 0 Å². The van der Waals surface area contributed by atoms with Gasteiger partial charge < -0.3 is 20.0 Å². The van der Waals surface area contributed by atoms with Gasteiger partial charge in [0.1, 0.15) is 5.82 Å². The molecule has 0 aromatic carbocycles. The molecule has 0 saturated carbocycles. The van der Waals surface area contributed by atoms with Gasteiger partial charge in [0.05, 0.1) is 6.54 Å². The largest absolute Gasteiger partial charge is 0.357 e. The first kappa shape index (κ1) is 22.2. The number of aliphatic imine (C=N–C) groups is 1. The topological polar surface area (TPSA) is 47.0 Å². The van der Waals surface area contributed by atoms with Crippen LogP contribution in [0.4, 0.5) is 5.82 Å². The van der Waals surface area contributed by atoms with Gasteiger partial charge in [-0.1, -0.05) is 12.5 Å². The first-order chi connectivity index (χ1) is 13.6. The Morgan fingerprint density at radius 2 is 2.07 bits per heavy atom. The number of hydrogen-bond donors (Lipinski definition) is 1. The van der Waals surface area contributed by atoms with Crippen LogP contribution in [0.2, 0.25) is 0 Å². The molecule has 28 heavy (non-hydrogen) atoms. The molecule has 0 atom stereocenters. The second kappa shape index (κ2) is 12.4. The number of likely N-dealkylation sites (N-methyl/N-ethyl adjacent to an activating group) is 1. The molecular weight excluding hydrogens is 348 g/mol. The Bertz CT molecular complexity index is 607. The molecule has 6 heteroatoms. The molecule has 1 N–H and O–H groups in total. The number of unbranched alkanes of at least 4 members (excludes halogenated alkanes) is 3. The summed E-state index contributed by atoms with van der Waals surface area (Å²) in [4.78, 5) is 16.4. The fourth-order valence-electron chi connectivity index (χ4n) is 3.32. The summed E-state index contributed by atoms with van der Waals surface area (Å²) >= 11 is 0. The third-order valence-electron chi connectivity index (χ3n) is 5.15. The average molecular weight is 387 g/mol. The number of anilines is 1. The summed E-state index contributed by atoms with van der Waals surface area (Å²) in [5.74, 6) is 2.05. The molecule has 1 fully saturated rings. The minimum atomic E-state index is 0.673. The summed E-state index contributed by atoms with van der Waals surface area (Å²) in [5.41, 5.74) is 1.21. The van der Waals surface area contributed by atoms with Crippen LogP contribution in [0.1, 0.15) is 38.2 Å². The van der Waals surface area contributed by atoms with E-state index in [4.69, 9.17) is 4.99 Å². The Kier molecular flexibility index (Phi) is 9.83. The molecule has 0 radical (unpaired) electrons. The molecule has 2 rings (SSSR count). The van der Waals surface area contributed by atoms with Gasteiger partial charge in [-0.05, 0) is 50.9 Å². The predicted octanol–water partition coefficient (Wildman–Crippen LogP) is 2.98. The average Bonchev–Trinajstić information content (AvgIpc) is 2.71. The van der Waals surface area contributed by atoms with Gasteiger partial charge in [0.15, 0.2) is 5.96 Å². The SMILES string of the molecule is C=CCCCCCN(C)C(=NCc1ccnc(N2CCN(C)CC2)c1)NCC. The molecule has 1 aliphatic rings. The van der Waals surface area contributed by atoms with E-state index in [9.17, 15) is 0 Å². The lowest BCUT2D eigenvalue weighted by Gasteiger charge is -2.33. The predicted molar refractivity (Wildman–Crippen MR) is 120 cm³/mol. The van der Waals surface area contributed by atoms with Crippen molar-refractivity contribution < 1.29 is 0 Å². The summed E-state index contributed by atoms with van der Waals surface area (Å²) in [6.07, 6.45) is 8.65. The number of nitrogens with zero attached hydrogens (tertiary/aromatic N) is 5. The van der Waals surface area contributed by atoms with Crippen molar-refractivity contribution in [2.75, 3.05) is 58.3 Å². The molecule has 0 unspecified atom stereocenters. The smallest absolute Gasteiger partial charge is 0.193 e. The van der Waals surface area contributed by atoms with Crippen LogP contribution in [0.15, 0.2) is 36.0 Å². The first-order valence-corrected chi connectivity index (χ1v) is 10.6. The van der Waals surface area contributed by atoms with E-state index in [1.807, 2.05) is 12.3 Å². The Morgan fingerprint density at radius 3 is 2.79 bits per heavy atom. The highest BCUT2D eigenvalue weighted by Crippen LogP contribution is 2.15. The van der Waals surface area contributed by atoms with Crippen molar-refractivity contribution in [2.45, 2.75) is 39.2 Å². The lowest BCUT2D eigenvalue weighted by atomic mass is 10.2. The second-order valence-corrected chi connectivity index (χ2v) is 7.54. The highest BCUT2D eigenvalue weighted by Gasteiger charge is 2.15. The van der Waals surface area contributed by atoms with Crippen molar-refractivity contribution in [3.63, 3.8) is 0 Å². The van der Waals surface area contributed by atoms with E-state index in [0.29, 0.717) is 6.54 Å². The van der Waals surface area contributed by atoms with E-state index in [-0.39, 0.29) is 0 Å². The maximum absolute atomic E-state index is 4.86. The normalized spacial score (nSPS) is 15.5. The van der Waals surface area contributed by atoms with Gasteiger partial charge in [-0.25, -0.2) is 9.98 Å². The molecule has 1 aromatic heterocycles. The van der Waals surface area contributed by atoms with Gasteiger partial charge in [-0.2, -0.15) is 0 Å².